The Hall–Kier alpha value is -3.43. The predicted molar refractivity (Wildman–Crippen MR) is 127 cm³/mol. The van der Waals surface area contributed by atoms with Gasteiger partial charge in [-0.1, -0.05) is 45.8 Å². The number of halogens is 1. The van der Waals surface area contributed by atoms with E-state index in [2.05, 4.69) is 20.9 Å². The van der Waals surface area contributed by atoms with Crippen LogP contribution in [0.2, 0.25) is 0 Å². The average Bonchev–Trinajstić information content (AvgIpc) is 3.15. The standard InChI is InChI=1S/C24H18BrNO6S/c1-15-6-9-19(10-7-15)33(28,29)32-21-11-8-16(13-22(21)30-2)12-20-24(27)31-23(26-20)17-4-3-5-18(25)14-17/h3-14H,1-2H3/b20-12-. The average molecular weight is 528 g/mol. The molecule has 3 aromatic rings. The Kier molecular flexibility index (Phi) is 6.35. The quantitative estimate of drug-likeness (QED) is 0.258. The third-order valence-corrected chi connectivity index (χ3v) is 6.43. The topological polar surface area (TPSA) is 91.3 Å². The number of methoxy groups -OCH3 is 1. The van der Waals surface area contributed by atoms with Crippen LogP contribution in [0.25, 0.3) is 6.08 Å². The molecular formula is C24H18BrNO6S. The Morgan fingerprint density at radius 2 is 1.76 bits per heavy atom. The van der Waals surface area contributed by atoms with E-state index in [-0.39, 0.29) is 28.0 Å². The number of hydrogen-bond acceptors (Lipinski definition) is 7. The van der Waals surface area contributed by atoms with E-state index in [0.29, 0.717) is 11.1 Å². The fourth-order valence-electron chi connectivity index (χ4n) is 3.03. The van der Waals surface area contributed by atoms with Crippen molar-refractivity contribution in [2.45, 2.75) is 11.8 Å². The smallest absolute Gasteiger partial charge is 0.363 e. The molecule has 1 aliphatic heterocycles. The molecule has 0 N–H and O–H groups in total. The van der Waals surface area contributed by atoms with Crippen molar-refractivity contribution in [3.05, 3.63) is 93.6 Å². The predicted octanol–water partition coefficient (Wildman–Crippen LogP) is 4.88. The van der Waals surface area contributed by atoms with Crippen molar-refractivity contribution < 1.29 is 26.9 Å². The van der Waals surface area contributed by atoms with Crippen LogP contribution in [-0.2, 0) is 19.6 Å². The maximum absolute atomic E-state index is 12.6. The van der Waals surface area contributed by atoms with Gasteiger partial charge in [0.2, 0.25) is 5.90 Å². The highest BCUT2D eigenvalue weighted by molar-refractivity contribution is 9.10. The SMILES string of the molecule is COc1cc(/C=C2\N=C(c3cccc(Br)c3)OC2=O)ccc1OS(=O)(=O)c1ccc(C)cc1. The molecule has 1 heterocycles. The summed E-state index contributed by atoms with van der Waals surface area (Å²) in [5.41, 5.74) is 2.25. The fraction of sp³-hybridized carbons (Fsp3) is 0.0833. The number of esters is 1. The molecule has 0 unspecified atom stereocenters. The Balaban J connectivity index is 1.61. The summed E-state index contributed by atoms with van der Waals surface area (Å²) < 4.78 is 41.9. The van der Waals surface area contributed by atoms with Gasteiger partial charge in [0.25, 0.3) is 0 Å². The second-order valence-corrected chi connectivity index (χ2v) is 9.57. The minimum Gasteiger partial charge on any atom is -0.493 e. The molecule has 0 aliphatic carbocycles. The highest BCUT2D eigenvalue weighted by Crippen LogP contribution is 2.32. The van der Waals surface area contributed by atoms with Crippen LogP contribution in [0.5, 0.6) is 11.5 Å². The summed E-state index contributed by atoms with van der Waals surface area (Å²) in [6.45, 7) is 1.86. The number of nitrogens with zero attached hydrogens (tertiary/aromatic N) is 1. The third kappa shape index (κ3) is 5.15. The highest BCUT2D eigenvalue weighted by atomic mass is 79.9. The molecule has 1 aliphatic rings. The Labute approximate surface area is 199 Å². The van der Waals surface area contributed by atoms with Crippen LogP contribution in [0.15, 0.2) is 86.8 Å². The lowest BCUT2D eigenvalue weighted by Gasteiger charge is -2.11. The van der Waals surface area contributed by atoms with E-state index in [0.717, 1.165) is 10.0 Å². The van der Waals surface area contributed by atoms with Crippen LogP contribution >= 0.6 is 15.9 Å². The molecule has 0 bridgehead atoms. The summed E-state index contributed by atoms with van der Waals surface area (Å²) in [7, 11) is -2.65. The Morgan fingerprint density at radius 1 is 1.00 bits per heavy atom. The first-order valence-electron chi connectivity index (χ1n) is 9.73. The van der Waals surface area contributed by atoms with E-state index in [4.69, 9.17) is 13.7 Å². The fourth-order valence-corrected chi connectivity index (χ4v) is 4.37. The molecule has 0 saturated carbocycles. The van der Waals surface area contributed by atoms with Crippen molar-refractivity contribution in [2.24, 2.45) is 4.99 Å². The minimum atomic E-state index is -4.04. The van der Waals surface area contributed by atoms with Crippen molar-refractivity contribution in [3.63, 3.8) is 0 Å². The summed E-state index contributed by atoms with van der Waals surface area (Å²) in [6.07, 6.45) is 1.52. The number of carbonyl (C=O) groups is 1. The molecule has 9 heteroatoms. The van der Waals surface area contributed by atoms with Gasteiger partial charge >= 0.3 is 16.1 Å². The van der Waals surface area contributed by atoms with Gasteiger partial charge in [0.05, 0.1) is 7.11 Å². The van der Waals surface area contributed by atoms with Gasteiger partial charge in [0.15, 0.2) is 17.2 Å². The van der Waals surface area contributed by atoms with E-state index >= 15 is 0 Å². The van der Waals surface area contributed by atoms with Gasteiger partial charge in [-0.05, 0) is 61.0 Å². The van der Waals surface area contributed by atoms with E-state index < -0.39 is 16.1 Å². The van der Waals surface area contributed by atoms with E-state index in [1.807, 2.05) is 19.1 Å². The molecule has 0 amide bonds. The molecule has 7 nitrogen and oxygen atoms in total. The lowest BCUT2D eigenvalue weighted by Crippen LogP contribution is -2.10. The summed E-state index contributed by atoms with van der Waals surface area (Å²) in [5.74, 6) is -0.190. The summed E-state index contributed by atoms with van der Waals surface area (Å²) in [4.78, 5) is 16.6. The van der Waals surface area contributed by atoms with Crippen LogP contribution < -0.4 is 8.92 Å². The number of aliphatic imine (C=N–C) groups is 1. The van der Waals surface area contributed by atoms with Crippen molar-refractivity contribution in [2.75, 3.05) is 7.11 Å². The monoisotopic (exact) mass is 527 g/mol. The van der Waals surface area contributed by atoms with Crippen molar-refractivity contribution in [1.82, 2.24) is 0 Å². The van der Waals surface area contributed by atoms with Gasteiger partial charge < -0.3 is 13.7 Å². The minimum absolute atomic E-state index is 0.0209. The van der Waals surface area contributed by atoms with E-state index in [1.165, 1.54) is 31.4 Å². The van der Waals surface area contributed by atoms with Crippen LogP contribution in [0.4, 0.5) is 0 Å². The number of ether oxygens (including phenoxy) is 2. The largest absolute Gasteiger partial charge is 0.493 e. The first-order chi connectivity index (χ1) is 15.7. The van der Waals surface area contributed by atoms with Crippen molar-refractivity contribution in [1.29, 1.82) is 0 Å². The van der Waals surface area contributed by atoms with E-state index in [1.54, 1.807) is 36.4 Å². The number of aryl methyl sites for hydroxylation is 1. The molecule has 33 heavy (non-hydrogen) atoms. The first kappa shape index (κ1) is 22.8. The van der Waals surface area contributed by atoms with Gasteiger partial charge in [-0.25, -0.2) is 9.79 Å². The molecule has 0 saturated heterocycles. The number of benzene rings is 3. The summed E-state index contributed by atoms with van der Waals surface area (Å²) in [6, 6.07) is 18.2. The van der Waals surface area contributed by atoms with Gasteiger partial charge in [0.1, 0.15) is 4.90 Å². The molecule has 3 aromatic carbocycles. The van der Waals surface area contributed by atoms with Crippen molar-refractivity contribution >= 4 is 44.0 Å². The van der Waals surface area contributed by atoms with Gasteiger partial charge in [-0.3, -0.25) is 0 Å². The molecule has 0 atom stereocenters. The number of rotatable bonds is 6. The molecular weight excluding hydrogens is 510 g/mol. The Bertz CT molecular complexity index is 1390. The second kappa shape index (κ2) is 9.21. The number of cyclic esters (lactones) is 1. The molecule has 0 radical (unpaired) electrons. The normalized spacial score (nSPS) is 14.7. The second-order valence-electron chi connectivity index (χ2n) is 7.11. The van der Waals surface area contributed by atoms with Crippen LogP contribution in [-0.4, -0.2) is 27.4 Å². The summed E-state index contributed by atoms with van der Waals surface area (Å²) >= 11 is 3.38. The maximum Gasteiger partial charge on any atom is 0.363 e. The molecule has 168 valence electrons. The molecule has 0 aromatic heterocycles. The third-order valence-electron chi connectivity index (χ3n) is 4.69. The zero-order valence-electron chi connectivity index (χ0n) is 17.6. The summed E-state index contributed by atoms with van der Waals surface area (Å²) in [5, 5.41) is 0. The maximum atomic E-state index is 12.6. The van der Waals surface area contributed by atoms with E-state index in [9.17, 15) is 13.2 Å². The van der Waals surface area contributed by atoms with Crippen LogP contribution in [0.1, 0.15) is 16.7 Å². The number of carbonyl (C=O) groups excluding carboxylic acids is 1. The molecule has 0 spiro atoms. The van der Waals surface area contributed by atoms with Crippen LogP contribution in [0, 0.1) is 6.92 Å². The zero-order valence-corrected chi connectivity index (χ0v) is 20.0. The van der Waals surface area contributed by atoms with Crippen LogP contribution in [0.3, 0.4) is 0 Å². The molecule has 4 rings (SSSR count). The lowest BCUT2D eigenvalue weighted by molar-refractivity contribution is -0.129. The van der Waals surface area contributed by atoms with Gasteiger partial charge in [0, 0.05) is 10.0 Å². The number of hydrogen-bond donors (Lipinski definition) is 0. The highest BCUT2D eigenvalue weighted by Gasteiger charge is 2.25. The van der Waals surface area contributed by atoms with Gasteiger partial charge in [-0.2, -0.15) is 8.42 Å². The first-order valence-corrected chi connectivity index (χ1v) is 11.9. The molecule has 0 fully saturated rings. The lowest BCUT2D eigenvalue weighted by atomic mass is 10.1. The Morgan fingerprint density at radius 3 is 2.45 bits per heavy atom. The van der Waals surface area contributed by atoms with Gasteiger partial charge in [-0.15, -0.1) is 0 Å². The van der Waals surface area contributed by atoms with Crippen molar-refractivity contribution in [3.8, 4) is 11.5 Å². The zero-order chi connectivity index (χ0) is 23.6.